The molecule has 0 saturated heterocycles. The molecule has 0 bridgehead atoms. The van der Waals surface area contributed by atoms with E-state index in [-0.39, 0.29) is 5.56 Å². The number of nitrogens with two attached hydrogens (primary N) is 1. The minimum Gasteiger partial charge on any atom is -0.493 e. The molecule has 0 fully saturated rings. The van der Waals surface area contributed by atoms with Gasteiger partial charge in [0.15, 0.2) is 11.5 Å². The zero-order valence-electron chi connectivity index (χ0n) is 14.9. The van der Waals surface area contributed by atoms with Crippen LogP contribution in [0.15, 0.2) is 42.5 Å². The van der Waals surface area contributed by atoms with Crippen LogP contribution in [-0.4, -0.2) is 39.2 Å². The summed E-state index contributed by atoms with van der Waals surface area (Å²) in [6, 6.07) is 11.5. The number of primary amides is 1. The second kappa shape index (κ2) is 8.75. The van der Waals surface area contributed by atoms with E-state index in [0.29, 0.717) is 23.7 Å². The first-order chi connectivity index (χ1) is 12.5. The maximum atomic E-state index is 12.6. The Morgan fingerprint density at radius 3 is 2.04 bits per heavy atom. The first kappa shape index (κ1) is 19.1. The van der Waals surface area contributed by atoms with Crippen molar-refractivity contribution in [2.24, 2.45) is 5.73 Å². The van der Waals surface area contributed by atoms with Crippen LogP contribution in [0.5, 0.6) is 17.2 Å². The minimum absolute atomic E-state index is 0.263. The van der Waals surface area contributed by atoms with Gasteiger partial charge in [-0.3, -0.25) is 9.59 Å². The fraction of sp³-hybridized carbons (Fsp3) is 0.263. The standard InChI is InChI=1S/C19H22N2O5/c1-24-15-10-13(11-16(25-2)17(15)26-3)19(23)21-14(18(20)22)9-12-7-5-4-6-8-12/h4-8,10-11,14H,9H2,1-3H3,(H2,20,22)(H,21,23). The molecule has 2 aromatic rings. The zero-order chi connectivity index (χ0) is 19.1. The summed E-state index contributed by atoms with van der Waals surface area (Å²) in [7, 11) is 4.39. The lowest BCUT2D eigenvalue weighted by atomic mass is 10.0. The third kappa shape index (κ3) is 4.44. The molecular weight excluding hydrogens is 336 g/mol. The van der Waals surface area contributed by atoms with Gasteiger partial charge in [0.05, 0.1) is 21.3 Å². The first-order valence-electron chi connectivity index (χ1n) is 7.94. The minimum atomic E-state index is -0.844. The van der Waals surface area contributed by atoms with Gasteiger partial charge in [-0.2, -0.15) is 0 Å². The van der Waals surface area contributed by atoms with E-state index in [1.165, 1.54) is 33.5 Å². The van der Waals surface area contributed by atoms with Gasteiger partial charge in [0.2, 0.25) is 11.7 Å². The van der Waals surface area contributed by atoms with Crippen LogP contribution in [0, 0.1) is 0 Å². The number of hydrogen-bond acceptors (Lipinski definition) is 5. The Kier molecular flexibility index (Phi) is 6.43. The fourth-order valence-corrected chi connectivity index (χ4v) is 2.53. The van der Waals surface area contributed by atoms with E-state index < -0.39 is 17.9 Å². The van der Waals surface area contributed by atoms with Crippen LogP contribution in [0.25, 0.3) is 0 Å². The van der Waals surface area contributed by atoms with Gasteiger partial charge >= 0.3 is 0 Å². The average Bonchev–Trinajstić information content (AvgIpc) is 2.66. The number of methoxy groups -OCH3 is 3. The van der Waals surface area contributed by atoms with Crippen LogP contribution >= 0.6 is 0 Å². The Morgan fingerprint density at radius 2 is 1.58 bits per heavy atom. The maximum Gasteiger partial charge on any atom is 0.252 e. The number of amides is 2. The molecule has 1 unspecified atom stereocenters. The molecule has 0 aromatic heterocycles. The average molecular weight is 358 g/mol. The highest BCUT2D eigenvalue weighted by molar-refractivity contribution is 5.98. The van der Waals surface area contributed by atoms with Crippen molar-refractivity contribution in [1.82, 2.24) is 5.32 Å². The number of nitrogens with one attached hydrogen (secondary N) is 1. The van der Waals surface area contributed by atoms with E-state index in [9.17, 15) is 9.59 Å². The summed E-state index contributed by atoms with van der Waals surface area (Å²) in [6.45, 7) is 0. The lowest BCUT2D eigenvalue weighted by Gasteiger charge is -2.17. The monoisotopic (exact) mass is 358 g/mol. The lowest BCUT2D eigenvalue weighted by Crippen LogP contribution is -2.45. The van der Waals surface area contributed by atoms with E-state index in [4.69, 9.17) is 19.9 Å². The van der Waals surface area contributed by atoms with E-state index in [0.717, 1.165) is 5.56 Å². The Bertz CT molecular complexity index is 752. The topological polar surface area (TPSA) is 99.9 Å². The molecule has 2 aromatic carbocycles. The number of carbonyl (C=O) groups excluding carboxylic acids is 2. The van der Waals surface area contributed by atoms with E-state index in [1.54, 1.807) is 0 Å². The molecule has 0 spiro atoms. The fourth-order valence-electron chi connectivity index (χ4n) is 2.53. The van der Waals surface area contributed by atoms with Crippen molar-refractivity contribution in [3.63, 3.8) is 0 Å². The molecule has 0 aliphatic heterocycles. The van der Waals surface area contributed by atoms with Crippen molar-refractivity contribution < 1.29 is 23.8 Å². The molecule has 3 N–H and O–H groups in total. The van der Waals surface area contributed by atoms with Crippen LogP contribution in [0.4, 0.5) is 0 Å². The molecule has 0 radical (unpaired) electrons. The second-order valence-corrected chi connectivity index (χ2v) is 5.53. The van der Waals surface area contributed by atoms with Crippen molar-refractivity contribution in [3.8, 4) is 17.2 Å². The summed E-state index contributed by atoms with van der Waals surface area (Å²) < 4.78 is 15.7. The molecule has 7 nitrogen and oxygen atoms in total. The van der Waals surface area contributed by atoms with Crippen molar-refractivity contribution in [1.29, 1.82) is 0 Å². The van der Waals surface area contributed by atoms with Gasteiger partial charge in [-0.15, -0.1) is 0 Å². The highest BCUT2D eigenvalue weighted by Gasteiger charge is 2.22. The van der Waals surface area contributed by atoms with Gasteiger partial charge in [-0.25, -0.2) is 0 Å². The van der Waals surface area contributed by atoms with Crippen LogP contribution < -0.4 is 25.3 Å². The van der Waals surface area contributed by atoms with Gasteiger partial charge < -0.3 is 25.3 Å². The zero-order valence-corrected chi connectivity index (χ0v) is 14.9. The van der Waals surface area contributed by atoms with E-state index >= 15 is 0 Å². The quantitative estimate of drug-likeness (QED) is 0.746. The molecular formula is C19H22N2O5. The number of carbonyl (C=O) groups is 2. The van der Waals surface area contributed by atoms with Crippen LogP contribution in [0.1, 0.15) is 15.9 Å². The predicted octanol–water partition coefficient (Wildman–Crippen LogP) is 1.54. The Morgan fingerprint density at radius 1 is 1.00 bits per heavy atom. The highest BCUT2D eigenvalue weighted by atomic mass is 16.5. The molecule has 0 heterocycles. The summed E-state index contributed by atoms with van der Waals surface area (Å²) in [5.74, 6) is -0.0210. The number of rotatable bonds is 8. The summed E-state index contributed by atoms with van der Waals surface area (Å²) in [5, 5.41) is 2.66. The van der Waals surface area contributed by atoms with Crippen LogP contribution in [-0.2, 0) is 11.2 Å². The third-order valence-electron chi connectivity index (χ3n) is 3.86. The molecule has 138 valence electrons. The van der Waals surface area contributed by atoms with Gasteiger partial charge in [0.1, 0.15) is 6.04 Å². The summed E-state index contributed by atoms with van der Waals surface area (Å²) in [6.07, 6.45) is 0.298. The molecule has 2 rings (SSSR count). The smallest absolute Gasteiger partial charge is 0.252 e. The second-order valence-electron chi connectivity index (χ2n) is 5.53. The third-order valence-corrected chi connectivity index (χ3v) is 3.86. The van der Waals surface area contributed by atoms with Gasteiger partial charge in [-0.1, -0.05) is 30.3 Å². The van der Waals surface area contributed by atoms with Crippen LogP contribution in [0.2, 0.25) is 0 Å². The van der Waals surface area contributed by atoms with Gasteiger partial charge in [-0.05, 0) is 17.7 Å². The molecule has 2 amide bonds. The normalized spacial score (nSPS) is 11.3. The summed E-state index contributed by atoms with van der Waals surface area (Å²) in [4.78, 5) is 24.4. The maximum absolute atomic E-state index is 12.6. The lowest BCUT2D eigenvalue weighted by molar-refractivity contribution is -0.119. The van der Waals surface area contributed by atoms with E-state index in [2.05, 4.69) is 5.32 Å². The van der Waals surface area contributed by atoms with E-state index in [1.807, 2.05) is 30.3 Å². The van der Waals surface area contributed by atoms with Gasteiger partial charge in [0, 0.05) is 12.0 Å². The molecule has 1 atom stereocenters. The summed E-state index contributed by atoms with van der Waals surface area (Å²) in [5.41, 5.74) is 6.60. The molecule has 26 heavy (non-hydrogen) atoms. The van der Waals surface area contributed by atoms with Crippen molar-refractivity contribution in [2.75, 3.05) is 21.3 Å². The van der Waals surface area contributed by atoms with Crippen molar-refractivity contribution >= 4 is 11.8 Å². The van der Waals surface area contributed by atoms with Crippen LogP contribution in [0.3, 0.4) is 0 Å². The van der Waals surface area contributed by atoms with Gasteiger partial charge in [0.25, 0.3) is 5.91 Å². The number of benzene rings is 2. The van der Waals surface area contributed by atoms with Crippen molar-refractivity contribution in [3.05, 3.63) is 53.6 Å². The summed E-state index contributed by atoms with van der Waals surface area (Å²) >= 11 is 0. The largest absolute Gasteiger partial charge is 0.493 e. The number of hydrogen-bond donors (Lipinski definition) is 2. The number of ether oxygens (including phenoxy) is 3. The Balaban J connectivity index is 2.25. The Labute approximate surface area is 152 Å². The molecule has 0 aliphatic rings. The van der Waals surface area contributed by atoms with Crippen molar-refractivity contribution in [2.45, 2.75) is 12.5 Å². The molecule has 7 heteroatoms. The predicted molar refractivity (Wildman–Crippen MR) is 96.7 cm³/mol. The molecule has 0 aliphatic carbocycles. The first-order valence-corrected chi connectivity index (χ1v) is 7.94. The SMILES string of the molecule is COc1cc(C(=O)NC(Cc2ccccc2)C(N)=O)cc(OC)c1OC. The Hall–Kier alpha value is -3.22. The molecule has 0 saturated carbocycles. The highest BCUT2D eigenvalue weighted by Crippen LogP contribution is 2.38.